The second-order valence-electron chi connectivity index (χ2n) is 4.73. The Hall–Kier alpha value is -2.04. The fourth-order valence-electron chi connectivity index (χ4n) is 2.37. The monoisotopic (exact) mass is 314 g/mol. The smallest absolute Gasteiger partial charge is 0.196 e. The SMILES string of the molecule is ClC1=NC(c2cccs2)C=C(c2cc3ccccc3o2)N1. The highest BCUT2D eigenvalue weighted by Crippen LogP contribution is 2.32. The van der Waals surface area contributed by atoms with Gasteiger partial charge in [0.05, 0.1) is 5.70 Å². The molecular weight excluding hydrogens is 304 g/mol. The molecule has 1 N–H and O–H groups in total. The van der Waals surface area contributed by atoms with E-state index < -0.39 is 0 Å². The fourth-order valence-corrected chi connectivity index (χ4v) is 3.30. The number of amidine groups is 1. The molecule has 0 radical (unpaired) electrons. The first-order valence-electron chi connectivity index (χ1n) is 6.54. The van der Waals surface area contributed by atoms with Crippen molar-refractivity contribution in [2.75, 3.05) is 0 Å². The number of halogens is 1. The Balaban J connectivity index is 1.76. The zero-order valence-corrected chi connectivity index (χ0v) is 12.5. The maximum Gasteiger partial charge on any atom is 0.196 e. The molecule has 1 unspecified atom stereocenters. The summed E-state index contributed by atoms with van der Waals surface area (Å²) >= 11 is 7.80. The number of aliphatic imine (C=N–C) groups is 1. The van der Waals surface area contributed by atoms with E-state index in [-0.39, 0.29) is 6.04 Å². The van der Waals surface area contributed by atoms with Crippen molar-refractivity contribution in [1.82, 2.24) is 5.32 Å². The predicted octanol–water partition coefficient (Wildman–Crippen LogP) is 4.77. The number of para-hydroxylation sites is 1. The zero-order chi connectivity index (χ0) is 14.2. The van der Waals surface area contributed by atoms with Crippen LogP contribution in [0, 0.1) is 0 Å². The number of nitrogens with zero attached hydrogens (tertiary/aromatic N) is 1. The molecule has 1 aliphatic heterocycles. The Morgan fingerprint density at radius 3 is 2.90 bits per heavy atom. The molecule has 3 aromatic rings. The molecule has 5 heteroatoms. The Morgan fingerprint density at radius 1 is 1.19 bits per heavy atom. The average Bonchev–Trinajstić information content (AvgIpc) is 3.16. The van der Waals surface area contributed by atoms with Gasteiger partial charge in [0.15, 0.2) is 11.1 Å². The van der Waals surface area contributed by atoms with Crippen LogP contribution in [-0.4, -0.2) is 5.29 Å². The molecule has 21 heavy (non-hydrogen) atoms. The molecule has 0 saturated carbocycles. The summed E-state index contributed by atoms with van der Waals surface area (Å²) in [6.45, 7) is 0. The normalized spacial score (nSPS) is 18.2. The molecule has 0 fully saturated rings. The molecule has 0 saturated heterocycles. The summed E-state index contributed by atoms with van der Waals surface area (Å²) in [5.41, 5.74) is 1.71. The van der Waals surface area contributed by atoms with Gasteiger partial charge in [-0.3, -0.25) is 0 Å². The Kier molecular flexibility index (Phi) is 3.05. The second kappa shape index (κ2) is 5.06. The second-order valence-corrected chi connectivity index (χ2v) is 6.07. The molecule has 0 bridgehead atoms. The van der Waals surface area contributed by atoms with Crippen LogP contribution >= 0.6 is 22.9 Å². The summed E-state index contributed by atoms with van der Waals surface area (Å²) < 4.78 is 5.88. The molecule has 2 aromatic heterocycles. The van der Waals surface area contributed by atoms with Crippen LogP contribution in [0.5, 0.6) is 0 Å². The number of benzene rings is 1. The van der Waals surface area contributed by atoms with Crippen molar-refractivity contribution >= 4 is 44.9 Å². The van der Waals surface area contributed by atoms with Crippen LogP contribution in [0.3, 0.4) is 0 Å². The van der Waals surface area contributed by atoms with Crippen molar-refractivity contribution in [2.24, 2.45) is 4.99 Å². The number of hydrogen-bond donors (Lipinski definition) is 1. The summed E-state index contributed by atoms with van der Waals surface area (Å²) in [5, 5.41) is 6.56. The fraction of sp³-hybridized carbons (Fsp3) is 0.0625. The van der Waals surface area contributed by atoms with Gasteiger partial charge in [-0.15, -0.1) is 11.3 Å². The van der Waals surface area contributed by atoms with Gasteiger partial charge in [-0.05, 0) is 41.3 Å². The molecule has 104 valence electrons. The van der Waals surface area contributed by atoms with Crippen LogP contribution in [0.4, 0.5) is 0 Å². The summed E-state index contributed by atoms with van der Waals surface area (Å²) in [6.07, 6.45) is 2.04. The maximum atomic E-state index is 6.13. The van der Waals surface area contributed by atoms with Gasteiger partial charge in [-0.25, -0.2) is 4.99 Å². The van der Waals surface area contributed by atoms with E-state index in [1.165, 1.54) is 0 Å². The van der Waals surface area contributed by atoms with Crippen LogP contribution in [0.1, 0.15) is 16.7 Å². The minimum absolute atomic E-state index is 0.0676. The van der Waals surface area contributed by atoms with Gasteiger partial charge in [-0.2, -0.15) is 0 Å². The zero-order valence-electron chi connectivity index (χ0n) is 10.9. The first-order valence-corrected chi connectivity index (χ1v) is 7.80. The third kappa shape index (κ3) is 2.37. The Bertz CT molecular complexity index is 815. The van der Waals surface area contributed by atoms with Crippen molar-refractivity contribution in [3.8, 4) is 0 Å². The molecule has 4 rings (SSSR count). The van der Waals surface area contributed by atoms with Gasteiger partial charge < -0.3 is 9.73 Å². The molecule has 1 atom stereocenters. The Labute approximate surface area is 130 Å². The van der Waals surface area contributed by atoms with Gasteiger partial charge >= 0.3 is 0 Å². The van der Waals surface area contributed by atoms with Gasteiger partial charge in [0.2, 0.25) is 0 Å². The number of thiophene rings is 1. The molecule has 3 heterocycles. The highest BCUT2D eigenvalue weighted by atomic mass is 35.5. The number of nitrogens with one attached hydrogen (secondary N) is 1. The first kappa shape index (κ1) is 12.7. The van der Waals surface area contributed by atoms with Crippen LogP contribution in [0.2, 0.25) is 0 Å². The third-order valence-corrected chi connectivity index (χ3v) is 4.48. The van der Waals surface area contributed by atoms with Crippen molar-refractivity contribution in [3.63, 3.8) is 0 Å². The van der Waals surface area contributed by atoms with Crippen LogP contribution in [0.15, 0.2) is 63.3 Å². The van der Waals surface area contributed by atoms with E-state index in [2.05, 4.69) is 16.4 Å². The largest absolute Gasteiger partial charge is 0.455 e. The summed E-state index contributed by atoms with van der Waals surface area (Å²) in [4.78, 5) is 5.57. The molecule has 1 aromatic carbocycles. The number of fused-ring (bicyclic) bond motifs is 1. The highest BCUT2D eigenvalue weighted by Gasteiger charge is 2.19. The quantitative estimate of drug-likeness (QED) is 0.691. The minimum Gasteiger partial charge on any atom is -0.455 e. The first-order chi connectivity index (χ1) is 10.3. The topological polar surface area (TPSA) is 37.5 Å². The summed E-state index contributed by atoms with van der Waals surface area (Å²) in [6, 6.07) is 13.9. The lowest BCUT2D eigenvalue weighted by molar-refractivity contribution is 0.595. The number of rotatable bonds is 2. The van der Waals surface area contributed by atoms with E-state index in [1.807, 2.05) is 47.9 Å². The van der Waals surface area contributed by atoms with Gasteiger partial charge in [-0.1, -0.05) is 24.3 Å². The molecule has 1 aliphatic rings. The third-order valence-electron chi connectivity index (χ3n) is 3.34. The standard InChI is InChI=1S/C16H11ClN2OS/c17-16-18-11(9-12(19-16)15-6-3-7-21-15)14-8-10-4-1-2-5-13(10)20-14/h1-9,12H,(H,18,19). The number of hydrogen-bond acceptors (Lipinski definition) is 4. The molecule has 0 amide bonds. The van der Waals surface area contributed by atoms with Gasteiger partial charge in [0.1, 0.15) is 11.6 Å². The average molecular weight is 315 g/mol. The maximum absolute atomic E-state index is 6.13. The van der Waals surface area contributed by atoms with Crippen molar-refractivity contribution in [3.05, 3.63) is 64.6 Å². The number of furan rings is 1. The van der Waals surface area contributed by atoms with Gasteiger partial charge in [0, 0.05) is 10.3 Å². The minimum atomic E-state index is -0.0676. The van der Waals surface area contributed by atoms with Crippen LogP contribution < -0.4 is 5.32 Å². The van der Waals surface area contributed by atoms with Gasteiger partial charge in [0.25, 0.3) is 0 Å². The molecular formula is C16H11ClN2OS. The van der Waals surface area contributed by atoms with E-state index in [0.29, 0.717) is 5.29 Å². The van der Waals surface area contributed by atoms with E-state index in [0.717, 1.165) is 27.3 Å². The Morgan fingerprint density at radius 2 is 2.10 bits per heavy atom. The summed E-state index contributed by atoms with van der Waals surface area (Å²) in [7, 11) is 0. The van der Waals surface area contributed by atoms with Crippen molar-refractivity contribution < 1.29 is 4.42 Å². The van der Waals surface area contributed by atoms with Crippen LogP contribution in [-0.2, 0) is 0 Å². The van der Waals surface area contributed by atoms with E-state index in [1.54, 1.807) is 11.3 Å². The molecule has 3 nitrogen and oxygen atoms in total. The highest BCUT2D eigenvalue weighted by molar-refractivity contribution is 7.10. The lowest BCUT2D eigenvalue weighted by Crippen LogP contribution is -2.21. The van der Waals surface area contributed by atoms with Crippen molar-refractivity contribution in [2.45, 2.75) is 6.04 Å². The van der Waals surface area contributed by atoms with Crippen molar-refractivity contribution in [1.29, 1.82) is 0 Å². The van der Waals surface area contributed by atoms with E-state index in [4.69, 9.17) is 16.0 Å². The lowest BCUT2D eigenvalue weighted by atomic mass is 10.1. The molecule has 0 aliphatic carbocycles. The van der Waals surface area contributed by atoms with E-state index in [9.17, 15) is 0 Å². The lowest BCUT2D eigenvalue weighted by Gasteiger charge is -2.17. The van der Waals surface area contributed by atoms with Crippen LogP contribution in [0.25, 0.3) is 16.7 Å². The van der Waals surface area contributed by atoms with E-state index >= 15 is 0 Å². The molecule has 0 spiro atoms. The predicted molar refractivity (Wildman–Crippen MR) is 87.7 cm³/mol. The summed E-state index contributed by atoms with van der Waals surface area (Å²) in [5.74, 6) is 0.769.